The van der Waals surface area contributed by atoms with Crippen molar-refractivity contribution in [3.8, 4) is 11.5 Å². The second kappa shape index (κ2) is 8.45. The van der Waals surface area contributed by atoms with Gasteiger partial charge in [-0.1, -0.05) is 42.5 Å². The van der Waals surface area contributed by atoms with E-state index in [2.05, 4.69) is 22.6 Å². The Balaban J connectivity index is 1.60. The third-order valence-corrected chi connectivity index (χ3v) is 6.31. The Morgan fingerprint density at radius 1 is 0.767 bits per heavy atom. The highest BCUT2D eigenvalue weighted by Gasteiger charge is 2.22. The van der Waals surface area contributed by atoms with Crippen LogP contribution in [0, 0.1) is 3.57 Å². The predicted octanol–water partition coefficient (Wildman–Crippen LogP) is 5.43. The molecule has 0 bridgehead atoms. The Bertz CT molecular complexity index is 1330. The van der Waals surface area contributed by atoms with Gasteiger partial charge in [-0.15, -0.1) is 0 Å². The van der Waals surface area contributed by atoms with Gasteiger partial charge in [0, 0.05) is 3.57 Å². The maximum atomic E-state index is 12.7. The van der Waals surface area contributed by atoms with E-state index in [0.717, 1.165) is 14.3 Å². The molecule has 0 amide bonds. The van der Waals surface area contributed by atoms with Crippen LogP contribution in [-0.2, 0) is 10.1 Å². The van der Waals surface area contributed by atoms with Gasteiger partial charge in [-0.05, 0) is 81.9 Å². The molecule has 4 aromatic rings. The molecule has 4 rings (SSSR count). The second-order valence-electron chi connectivity index (χ2n) is 6.39. The first kappa shape index (κ1) is 20.4. The summed E-state index contributed by atoms with van der Waals surface area (Å²) in [4.78, 5) is 12.7. The molecule has 0 unspecified atom stereocenters. The zero-order valence-electron chi connectivity index (χ0n) is 15.5. The quantitative estimate of drug-likeness (QED) is 0.149. The lowest BCUT2D eigenvalue weighted by atomic mass is 10.1. The van der Waals surface area contributed by atoms with Crippen molar-refractivity contribution in [1.29, 1.82) is 0 Å². The van der Waals surface area contributed by atoms with Gasteiger partial charge in [0.2, 0.25) is 0 Å². The third kappa shape index (κ3) is 4.47. The Morgan fingerprint density at radius 3 is 2.20 bits per heavy atom. The highest BCUT2D eigenvalue weighted by Crippen LogP contribution is 2.26. The van der Waals surface area contributed by atoms with Crippen molar-refractivity contribution in [3.63, 3.8) is 0 Å². The first-order chi connectivity index (χ1) is 14.4. The van der Waals surface area contributed by atoms with Crippen molar-refractivity contribution in [2.75, 3.05) is 0 Å². The number of hydrogen-bond donors (Lipinski definition) is 0. The van der Waals surface area contributed by atoms with E-state index in [1.807, 2.05) is 30.3 Å². The van der Waals surface area contributed by atoms with Gasteiger partial charge in [0.05, 0.1) is 0 Å². The van der Waals surface area contributed by atoms with Crippen LogP contribution in [0.4, 0.5) is 0 Å². The number of halogens is 1. The molecule has 0 saturated carbocycles. The van der Waals surface area contributed by atoms with Crippen LogP contribution in [0.2, 0.25) is 0 Å². The van der Waals surface area contributed by atoms with Gasteiger partial charge in [-0.2, -0.15) is 8.42 Å². The van der Waals surface area contributed by atoms with E-state index in [1.165, 1.54) is 24.3 Å². The first-order valence-corrected chi connectivity index (χ1v) is 11.4. The number of hydrogen-bond acceptors (Lipinski definition) is 5. The fourth-order valence-electron chi connectivity index (χ4n) is 2.87. The molecule has 0 atom stereocenters. The molecule has 0 fully saturated rings. The molecule has 7 heteroatoms. The lowest BCUT2D eigenvalue weighted by Gasteiger charge is -2.11. The zero-order valence-corrected chi connectivity index (χ0v) is 18.5. The van der Waals surface area contributed by atoms with Crippen LogP contribution in [-0.4, -0.2) is 14.4 Å². The SMILES string of the molecule is O=C(Oc1ccc2ccccc2c1)c1ccccc1OS(=O)(=O)c1ccc(I)cc1. The molecule has 30 heavy (non-hydrogen) atoms. The molecule has 0 aromatic heterocycles. The van der Waals surface area contributed by atoms with Crippen molar-refractivity contribution in [1.82, 2.24) is 0 Å². The Morgan fingerprint density at radius 2 is 1.43 bits per heavy atom. The van der Waals surface area contributed by atoms with Gasteiger partial charge in [-0.25, -0.2) is 4.79 Å². The molecular weight excluding hydrogens is 515 g/mol. The average molecular weight is 530 g/mol. The molecule has 4 aromatic carbocycles. The van der Waals surface area contributed by atoms with Gasteiger partial charge in [-0.3, -0.25) is 0 Å². The molecule has 150 valence electrons. The Labute approximate surface area is 187 Å². The van der Waals surface area contributed by atoms with Gasteiger partial charge in [0.25, 0.3) is 0 Å². The monoisotopic (exact) mass is 530 g/mol. The van der Waals surface area contributed by atoms with E-state index < -0.39 is 16.1 Å². The number of para-hydroxylation sites is 1. The van der Waals surface area contributed by atoms with Crippen molar-refractivity contribution in [3.05, 3.63) is 100 Å². The molecule has 0 aliphatic carbocycles. The number of fused-ring (bicyclic) bond motifs is 1. The average Bonchev–Trinajstić information content (AvgIpc) is 2.74. The molecule has 5 nitrogen and oxygen atoms in total. The fourth-order valence-corrected chi connectivity index (χ4v) is 4.18. The molecule has 0 saturated heterocycles. The molecule has 0 spiro atoms. The highest BCUT2D eigenvalue weighted by molar-refractivity contribution is 14.1. The molecule has 0 aliphatic heterocycles. The summed E-state index contributed by atoms with van der Waals surface area (Å²) in [7, 11) is -4.10. The summed E-state index contributed by atoms with van der Waals surface area (Å²) in [6.07, 6.45) is 0. The molecule has 0 heterocycles. The Kier molecular flexibility index (Phi) is 5.74. The van der Waals surface area contributed by atoms with Crippen molar-refractivity contribution in [2.24, 2.45) is 0 Å². The molecular formula is C23H15IO5S. The van der Waals surface area contributed by atoms with E-state index in [0.29, 0.717) is 5.75 Å². The van der Waals surface area contributed by atoms with E-state index in [4.69, 9.17) is 8.92 Å². The van der Waals surface area contributed by atoms with Crippen molar-refractivity contribution >= 4 is 49.5 Å². The lowest BCUT2D eigenvalue weighted by molar-refractivity contribution is 0.0733. The topological polar surface area (TPSA) is 69.7 Å². The van der Waals surface area contributed by atoms with Crippen LogP contribution < -0.4 is 8.92 Å². The largest absolute Gasteiger partial charge is 0.423 e. The minimum Gasteiger partial charge on any atom is -0.423 e. The van der Waals surface area contributed by atoms with Crippen LogP contribution in [0.3, 0.4) is 0 Å². The Hall–Kier alpha value is -2.91. The third-order valence-electron chi connectivity index (χ3n) is 4.34. The predicted molar refractivity (Wildman–Crippen MR) is 122 cm³/mol. The standard InChI is InChI=1S/C23H15IO5S/c24-18-10-13-20(14-11-18)30(26,27)29-22-8-4-3-7-21(22)23(25)28-19-12-9-16-5-1-2-6-17(16)15-19/h1-15H. The first-order valence-electron chi connectivity index (χ1n) is 8.92. The summed E-state index contributed by atoms with van der Waals surface area (Å²) in [6, 6.07) is 25.3. The summed E-state index contributed by atoms with van der Waals surface area (Å²) in [6.45, 7) is 0. The maximum absolute atomic E-state index is 12.7. The smallest absolute Gasteiger partial charge is 0.347 e. The zero-order chi connectivity index (χ0) is 21.1. The number of esters is 1. The van der Waals surface area contributed by atoms with Gasteiger partial charge < -0.3 is 8.92 Å². The molecule has 0 aliphatic rings. The number of carbonyl (C=O) groups is 1. The fraction of sp³-hybridized carbons (Fsp3) is 0. The van der Waals surface area contributed by atoms with Crippen molar-refractivity contribution in [2.45, 2.75) is 4.90 Å². The lowest BCUT2D eigenvalue weighted by Crippen LogP contribution is -2.15. The van der Waals surface area contributed by atoms with E-state index in [-0.39, 0.29) is 16.2 Å². The summed E-state index contributed by atoms with van der Waals surface area (Å²) >= 11 is 2.08. The number of ether oxygens (including phenoxy) is 1. The van der Waals surface area contributed by atoms with Crippen LogP contribution in [0.1, 0.15) is 10.4 Å². The van der Waals surface area contributed by atoms with Gasteiger partial charge >= 0.3 is 16.1 Å². The van der Waals surface area contributed by atoms with Crippen molar-refractivity contribution < 1.29 is 22.1 Å². The molecule has 0 N–H and O–H groups in total. The summed E-state index contributed by atoms with van der Waals surface area (Å²) in [5, 5.41) is 1.94. The minimum absolute atomic E-state index is 0.000570. The normalized spacial score (nSPS) is 11.2. The second-order valence-corrected chi connectivity index (χ2v) is 9.18. The van der Waals surface area contributed by atoms with Crippen LogP contribution in [0.5, 0.6) is 11.5 Å². The molecule has 0 radical (unpaired) electrons. The maximum Gasteiger partial charge on any atom is 0.347 e. The highest BCUT2D eigenvalue weighted by atomic mass is 127. The number of benzene rings is 4. The van der Waals surface area contributed by atoms with Crippen LogP contribution in [0.25, 0.3) is 10.8 Å². The summed E-state index contributed by atoms with van der Waals surface area (Å²) in [5.41, 5.74) is 0.0137. The number of carbonyl (C=O) groups excluding carboxylic acids is 1. The van der Waals surface area contributed by atoms with Crippen LogP contribution in [0.15, 0.2) is 95.9 Å². The van der Waals surface area contributed by atoms with E-state index in [9.17, 15) is 13.2 Å². The van der Waals surface area contributed by atoms with Gasteiger partial charge in [0.1, 0.15) is 16.2 Å². The summed E-state index contributed by atoms with van der Waals surface area (Å²) in [5.74, 6) is -0.450. The van der Waals surface area contributed by atoms with Crippen LogP contribution >= 0.6 is 22.6 Å². The van der Waals surface area contributed by atoms with Gasteiger partial charge in [0.15, 0.2) is 5.75 Å². The van der Waals surface area contributed by atoms with E-state index in [1.54, 1.807) is 36.4 Å². The van der Waals surface area contributed by atoms with E-state index >= 15 is 0 Å². The summed E-state index contributed by atoms with van der Waals surface area (Å²) < 4.78 is 36.9. The minimum atomic E-state index is -4.10. The number of rotatable bonds is 5.